The zero-order valence-corrected chi connectivity index (χ0v) is 10.4. The molecule has 0 atom stereocenters. The first kappa shape index (κ1) is 11.9. The third-order valence-electron chi connectivity index (χ3n) is 2.56. The molecule has 0 aliphatic carbocycles. The summed E-state index contributed by atoms with van der Waals surface area (Å²) < 4.78 is 14.1. The van der Waals surface area contributed by atoms with E-state index in [9.17, 15) is 9.18 Å². The Balaban J connectivity index is 2.36. The lowest BCUT2D eigenvalue weighted by Crippen LogP contribution is -2.48. The van der Waals surface area contributed by atoms with Gasteiger partial charge >= 0.3 is 0 Å². The molecule has 17 heavy (non-hydrogen) atoms. The number of rotatable bonds is 1. The second kappa shape index (κ2) is 4.72. The van der Waals surface area contributed by atoms with E-state index in [4.69, 9.17) is 5.26 Å². The summed E-state index contributed by atoms with van der Waals surface area (Å²) in [5.74, 6) is -0.630. The first-order valence-electron chi connectivity index (χ1n) is 5.03. The van der Waals surface area contributed by atoms with Gasteiger partial charge in [-0.15, -0.1) is 0 Å². The third kappa shape index (κ3) is 2.24. The SMILES string of the molecule is N#Cc1ccc(N2CCNC(=O)C2)c(F)c1Br. The van der Waals surface area contributed by atoms with Crippen LogP contribution in [0.4, 0.5) is 10.1 Å². The number of piperazine rings is 1. The molecule has 1 aliphatic rings. The number of nitrogens with zero attached hydrogens (tertiary/aromatic N) is 2. The predicted octanol–water partition coefficient (Wildman–Crippen LogP) is 1.40. The van der Waals surface area contributed by atoms with Crippen molar-refractivity contribution < 1.29 is 9.18 Å². The molecule has 0 spiro atoms. The van der Waals surface area contributed by atoms with E-state index in [0.717, 1.165) is 0 Å². The zero-order chi connectivity index (χ0) is 12.4. The lowest BCUT2D eigenvalue weighted by Gasteiger charge is -2.29. The number of benzene rings is 1. The molecule has 1 aromatic rings. The monoisotopic (exact) mass is 297 g/mol. The highest BCUT2D eigenvalue weighted by atomic mass is 79.9. The normalized spacial score (nSPS) is 15.4. The van der Waals surface area contributed by atoms with Crippen LogP contribution in [0.5, 0.6) is 0 Å². The van der Waals surface area contributed by atoms with E-state index in [1.807, 2.05) is 6.07 Å². The van der Waals surface area contributed by atoms with Gasteiger partial charge in [-0.05, 0) is 28.1 Å². The fourth-order valence-electron chi connectivity index (χ4n) is 1.71. The number of anilines is 1. The fraction of sp³-hybridized carbons (Fsp3) is 0.273. The van der Waals surface area contributed by atoms with Gasteiger partial charge in [0.1, 0.15) is 6.07 Å². The Bertz CT molecular complexity index is 512. The molecule has 1 fully saturated rings. The second-order valence-electron chi connectivity index (χ2n) is 3.64. The summed E-state index contributed by atoms with van der Waals surface area (Å²) in [7, 11) is 0. The van der Waals surface area contributed by atoms with Crippen molar-refractivity contribution in [2.45, 2.75) is 0 Å². The molecule has 4 nitrogen and oxygen atoms in total. The van der Waals surface area contributed by atoms with Gasteiger partial charge in [0.15, 0.2) is 5.82 Å². The number of carbonyl (C=O) groups is 1. The number of hydrogen-bond donors (Lipinski definition) is 1. The minimum Gasteiger partial charge on any atom is -0.358 e. The zero-order valence-electron chi connectivity index (χ0n) is 8.83. The number of nitrogens with one attached hydrogen (secondary N) is 1. The van der Waals surface area contributed by atoms with Crippen molar-refractivity contribution in [3.8, 4) is 6.07 Å². The maximum absolute atomic E-state index is 14.0. The van der Waals surface area contributed by atoms with Gasteiger partial charge in [-0.2, -0.15) is 5.26 Å². The smallest absolute Gasteiger partial charge is 0.239 e. The van der Waals surface area contributed by atoms with Gasteiger partial charge in [-0.25, -0.2) is 4.39 Å². The van der Waals surface area contributed by atoms with E-state index in [1.165, 1.54) is 12.1 Å². The summed E-state index contributed by atoms with van der Waals surface area (Å²) in [6, 6.07) is 4.95. The van der Waals surface area contributed by atoms with E-state index >= 15 is 0 Å². The Morgan fingerprint density at radius 3 is 2.94 bits per heavy atom. The molecule has 1 heterocycles. The van der Waals surface area contributed by atoms with Crippen LogP contribution in [-0.4, -0.2) is 25.5 Å². The lowest BCUT2D eigenvalue weighted by atomic mass is 10.2. The number of carbonyl (C=O) groups excluding carboxylic acids is 1. The highest BCUT2D eigenvalue weighted by molar-refractivity contribution is 9.10. The molecule has 0 unspecified atom stereocenters. The number of nitriles is 1. The largest absolute Gasteiger partial charge is 0.358 e. The Morgan fingerprint density at radius 1 is 1.53 bits per heavy atom. The van der Waals surface area contributed by atoms with Crippen molar-refractivity contribution in [3.05, 3.63) is 28.0 Å². The van der Waals surface area contributed by atoms with Gasteiger partial charge in [-0.3, -0.25) is 4.79 Å². The minimum atomic E-state index is -0.501. The maximum Gasteiger partial charge on any atom is 0.239 e. The molecule has 1 aromatic carbocycles. The fourth-order valence-corrected chi connectivity index (χ4v) is 2.14. The van der Waals surface area contributed by atoms with E-state index in [1.54, 1.807) is 4.90 Å². The van der Waals surface area contributed by atoms with Crippen LogP contribution in [0.3, 0.4) is 0 Å². The van der Waals surface area contributed by atoms with Crippen LogP contribution in [-0.2, 0) is 4.79 Å². The summed E-state index contributed by atoms with van der Waals surface area (Å²) >= 11 is 3.05. The third-order valence-corrected chi connectivity index (χ3v) is 3.34. The van der Waals surface area contributed by atoms with Crippen molar-refractivity contribution >= 4 is 27.5 Å². The molecule has 0 saturated carbocycles. The minimum absolute atomic E-state index is 0.129. The molecular weight excluding hydrogens is 289 g/mol. The van der Waals surface area contributed by atoms with Gasteiger partial charge in [0.05, 0.1) is 22.3 Å². The molecule has 1 saturated heterocycles. The quantitative estimate of drug-likeness (QED) is 0.852. The Kier molecular flexibility index (Phi) is 3.29. The van der Waals surface area contributed by atoms with Crippen molar-refractivity contribution in [2.24, 2.45) is 0 Å². The summed E-state index contributed by atoms with van der Waals surface area (Å²) in [5, 5.41) is 11.4. The molecular formula is C11H9BrFN3O. The molecule has 88 valence electrons. The molecule has 1 aliphatic heterocycles. The van der Waals surface area contributed by atoms with Crippen LogP contribution in [0.2, 0.25) is 0 Å². The average molecular weight is 298 g/mol. The molecule has 0 bridgehead atoms. The molecule has 0 radical (unpaired) electrons. The maximum atomic E-state index is 14.0. The van der Waals surface area contributed by atoms with Crippen LogP contribution >= 0.6 is 15.9 Å². The Morgan fingerprint density at radius 2 is 2.29 bits per heavy atom. The van der Waals surface area contributed by atoms with Gasteiger partial charge in [0.25, 0.3) is 0 Å². The first-order chi connectivity index (χ1) is 8.13. The van der Waals surface area contributed by atoms with Crippen molar-refractivity contribution in [3.63, 3.8) is 0 Å². The predicted molar refractivity (Wildman–Crippen MR) is 64.0 cm³/mol. The van der Waals surface area contributed by atoms with Crippen LogP contribution in [0.25, 0.3) is 0 Å². The number of halogens is 2. The molecule has 2 rings (SSSR count). The van der Waals surface area contributed by atoms with E-state index in [2.05, 4.69) is 21.2 Å². The topological polar surface area (TPSA) is 56.1 Å². The van der Waals surface area contributed by atoms with Crippen molar-refractivity contribution in [2.75, 3.05) is 24.5 Å². The van der Waals surface area contributed by atoms with Crippen LogP contribution in [0, 0.1) is 17.1 Å². The van der Waals surface area contributed by atoms with E-state index in [0.29, 0.717) is 18.8 Å². The molecule has 1 amide bonds. The standard InChI is InChI=1S/C11H9BrFN3O/c12-10-7(5-14)1-2-8(11(10)13)16-4-3-15-9(17)6-16/h1-2H,3-4,6H2,(H,15,17). The van der Waals surface area contributed by atoms with Crippen LogP contribution < -0.4 is 10.2 Å². The van der Waals surface area contributed by atoms with Crippen LogP contribution in [0.1, 0.15) is 5.56 Å². The molecule has 1 N–H and O–H groups in total. The van der Waals surface area contributed by atoms with Gasteiger partial charge < -0.3 is 10.2 Å². The number of amides is 1. The van der Waals surface area contributed by atoms with Gasteiger partial charge in [-0.1, -0.05) is 0 Å². The summed E-state index contributed by atoms with van der Waals surface area (Å²) in [6.07, 6.45) is 0. The summed E-state index contributed by atoms with van der Waals surface area (Å²) in [6.45, 7) is 1.19. The highest BCUT2D eigenvalue weighted by Gasteiger charge is 2.21. The van der Waals surface area contributed by atoms with Gasteiger partial charge in [0, 0.05) is 13.1 Å². The van der Waals surface area contributed by atoms with Gasteiger partial charge in [0.2, 0.25) is 5.91 Å². The molecule has 0 aromatic heterocycles. The average Bonchev–Trinajstić information content (AvgIpc) is 2.32. The molecule has 6 heteroatoms. The second-order valence-corrected chi connectivity index (χ2v) is 4.44. The summed E-state index contributed by atoms with van der Waals surface area (Å²) in [4.78, 5) is 12.9. The Hall–Kier alpha value is -1.61. The number of hydrogen-bond acceptors (Lipinski definition) is 3. The Labute approximate surface area is 106 Å². The lowest BCUT2D eigenvalue weighted by molar-refractivity contribution is -0.120. The van der Waals surface area contributed by atoms with Crippen molar-refractivity contribution in [1.29, 1.82) is 5.26 Å². The summed E-state index contributed by atoms with van der Waals surface area (Å²) in [5.41, 5.74) is 0.582. The van der Waals surface area contributed by atoms with E-state index < -0.39 is 5.82 Å². The first-order valence-corrected chi connectivity index (χ1v) is 5.82. The highest BCUT2D eigenvalue weighted by Crippen LogP contribution is 2.29. The van der Waals surface area contributed by atoms with E-state index in [-0.39, 0.29) is 22.5 Å². The van der Waals surface area contributed by atoms with Crippen LogP contribution in [0.15, 0.2) is 16.6 Å². The van der Waals surface area contributed by atoms with Crippen molar-refractivity contribution in [1.82, 2.24) is 5.32 Å².